The van der Waals surface area contributed by atoms with Crippen molar-refractivity contribution >= 4 is 11.5 Å². The van der Waals surface area contributed by atoms with Crippen LogP contribution < -0.4 is 4.90 Å². The molecule has 2 aromatic heterocycles. The van der Waals surface area contributed by atoms with Crippen molar-refractivity contribution in [3.8, 4) is 5.82 Å². The molecule has 0 amide bonds. The summed E-state index contributed by atoms with van der Waals surface area (Å²) in [6.07, 6.45) is 1.34. The monoisotopic (exact) mass is 304 g/mol. The third-order valence-corrected chi connectivity index (χ3v) is 3.49. The molecule has 9 heteroatoms. The van der Waals surface area contributed by atoms with Crippen LogP contribution in [0.15, 0.2) is 12.4 Å². The van der Waals surface area contributed by atoms with Gasteiger partial charge in [0.05, 0.1) is 23.8 Å². The van der Waals surface area contributed by atoms with Gasteiger partial charge in [-0.25, -0.2) is 14.6 Å². The molecular weight excluding hydrogens is 288 g/mol. The Morgan fingerprint density at radius 3 is 2.50 bits per heavy atom. The molecule has 3 rings (SSSR count). The van der Waals surface area contributed by atoms with E-state index in [9.17, 15) is 10.1 Å². The van der Waals surface area contributed by atoms with Crippen molar-refractivity contribution in [2.24, 2.45) is 0 Å². The number of nitrogens with zero attached hydrogens (tertiary/aromatic N) is 6. The second kappa shape index (κ2) is 5.68. The SMILES string of the molecule is Cc1cc(C)n(-c2ncnc(N3CCOCC3)c2[N+](=O)[O-])n1. The van der Waals surface area contributed by atoms with Gasteiger partial charge < -0.3 is 9.64 Å². The lowest BCUT2D eigenvalue weighted by Gasteiger charge is -2.27. The van der Waals surface area contributed by atoms with Gasteiger partial charge in [-0.3, -0.25) is 10.1 Å². The molecule has 0 N–H and O–H groups in total. The number of hydrogen-bond donors (Lipinski definition) is 0. The Kier molecular flexibility index (Phi) is 3.72. The minimum Gasteiger partial charge on any atom is -0.378 e. The summed E-state index contributed by atoms with van der Waals surface area (Å²) in [5.41, 5.74) is 1.43. The topological polar surface area (TPSA) is 99.2 Å². The Morgan fingerprint density at radius 2 is 1.91 bits per heavy atom. The first-order valence-corrected chi connectivity index (χ1v) is 6.93. The molecule has 0 unspecified atom stereocenters. The highest BCUT2D eigenvalue weighted by Crippen LogP contribution is 2.31. The van der Waals surface area contributed by atoms with Crippen LogP contribution in [0.25, 0.3) is 5.82 Å². The molecule has 1 aliphatic heterocycles. The van der Waals surface area contributed by atoms with Crippen LogP contribution in [0, 0.1) is 24.0 Å². The van der Waals surface area contributed by atoms with Crippen molar-refractivity contribution in [2.45, 2.75) is 13.8 Å². The highest BCUT2D eigenvalue weighted by Gasteiger charge is 2.29. The summed E-state index contributed by atoms with van der Waals surface area (Å²) in [5.74, 6) is 0.498. The smallest absolute Gasteiger partial charge is 0.355 e. The molecule has 1 saturated heterocycles. The summed E-state index contributed by atoms with van der Waals surface area (Å²) in [4.78, 5) is 21.2. The lowest BCUT2D eigenvalue weighted by molar-refractivity contribution is -0.384. The van der Waals surface area contributed by atoms with Crippen molar-refractivity contribution in [2.75, 3.05) is 31.2 Å². The molecule has 1 fully saturated rings. The van der Waals surface area contributed by atoms with Crippen LogP contribution in [0.2, 0.25) is 0 Å². The van der Waals surface area contributed by atoms with Crippen LogP contribution in [-0.4, -0.2) is 51.0 Å². The molecule has 0 bridgehead atoms. The number of aryl methyl sites for hydroxylation is 2. The number of anilines is 1. The van der Waals surface area contributed by atoms with Crippen LogP contribution >= 0.6 is 0 Å². The van der Waals surface area contributed by atoms with Crippen LogP contribution in [-0.2, 0) is 4.74 Å². The summed E-state index contributed by atoms with van der Waals surface area (Å²) in [6, 6.07) is 1.85. The fourth-order valence-electron chi connectivity index (χ4n) is 2.53. The van der Waals surface area contributed by atoms with Gasteiger partial charge in [0.25, 0.3) is 0 Å². The Bertz CT molecular complexity index is 708. The van der Waals surface area contributed by atoms with Crippen molar-refractivity contribution in [1.82, 2.24) is 19.7 Å². The average molecular weight is 304 g/mol. The third-order valence-electron chi connectivity index (χ3n) is 3.49. The van der Waals surface area contributed by atoms with Crippen LogP contribution in [0.3, 0.4) is 0 Å². The zero-order valence-electron chi connectivity index (χ0n) is 12.4. The zero-order valence-corrected chi connectivity index (χ0v) is 12.4. The number of aromatic nitrogens is 4. The number of ether oxygens (including phenoxy) is 1. The highest BCUT2D eigenvalue weighted by atomic mass is 16.6. The quantitative estimate of drug-likeness (QED) is 0.616. The van der Waals surface area contributed by atoms with E-state index in [4.69, 9.17) is 4.74 Å². The van der Waals surface area contributed by atoms with Crippen LogP contribution in [0.5, 0.6) is 0 Å². The molecule has 0 radical (unpaired) electrons. The summed E-state index contributed by atoms with van der Waals surface area (Å²) in [5, 5.41) is 15.9. The van der Waals surface area contributed by atoms with Crippen molar-refractivity contribution in [1.29, 1.82) is 0 Å². The van der Waals surface area contributed by atoms with Gasteiger partial charge in [-0.2, -0.15) is 5.10 Å². The normalized spacial score (nSPS) is 15.1. The molecule has 1 aliphatic rings. The number of morpholine rings is 1. The van der Waals surface area contributed by atoms with Gasteiger partial charge in [-0.05, 0) is 19.9 Å². The molecule has 0 spiro atoms. The minimum atomic E-state index is -0.448. The minimum absolute atomic E-state index is 0.129. The van der Waals surface area contributed by atoms with Gasteiger partial charge in [0, 0.05) is 18.8 Å². The number of rotatable bonds is 3. The Hall–Kier alpha value is -2.55. The molecule has 3 heterocycles. The highest BCUT2D eigenvalue weighted by molar-refractivity contribution is 5.65. The first-order valence-electron chi connectivity index (χ1n) is 6.93. The zero-order chi connectivity index (χ0) is 15.7. The second-order valence-corrected chi connectivity index (χ2v) is 5.06. The van der Waals surface area contributed by atoms with Crippen molar-refractivity contribution in [3.63, 3.8) is 0 Å². The maximum atomic E-state index is 11.6. The third kappa shape index (κ3) is 2.50. The van der Waals surface area contributed by atoms with E-state index in [0.29, 0.717) is 32.1 Å². The van der Waals surface area contributed by atoms with E-state index >= 15 is 0 Å². The predicted molar refractivity (Wildman–Crippen MR) is 78.3 cm³/mol. The maximum absolute atomic E-state index is 11.6. The summed E-state index contributed by atoms with van der Waals surface area (Å²) < 4.78 is 6.77. The van der Waals surface area contributed by atoms with E-state index < -0.39 is 4.92 Å². The molecule has 0 aromatic carbocycles. The number of nitro groups is 1. The van der Waals surface area contributed by atoms with Gasteiger partial charge in [-0.1, -0.05) is 0 Å². The molecule has 22 heavy (non-hydrogen) atoms. The maximum Gasteiger partial charge on any atom is 0.355 e. The van der Waals surface area contributed by atoms with Gasteiger partial charge in [0.1, 0.15) is 6.33 Å². The van der Waals surface area contributed by atoms with E-state index in [1.807, 2.05) is 24.8 Å². The molecule has 0 atom stereocenters. The van der Waals surface area contributed by atoms with Gasteiger partial charge >= 0.3 is 5.69 Å². The Morgan fingerprint density at radius 1 is 1.23 bits per heavy atom. The fourth-order valence-corrected chi connectivity index (χ4v) is 2.53. The summed E-state index contributed by atoms with van der Waals surface area (Å²) in [6.45, 7) is 5.84. The molecule has 0 saturated carbocycles. The van der Waals surface area contributed by atoms with E-state index in [1.54, 1.807) is 0 Å². The average Bonchev–Trinajstić information content (AvgIpc) is 2.85. The predicted octanol–water partition coefficient (Wildman–Crippen LogP) is 1.02. The largest absolute Gasteiger partial charge is 0.378 e. The van der Waals surface area contributed by atoms with E-state index in [1.165, 1.54) is 11.0 Å². The van der Waals surface area contributed by atoms with Crippen molar-refractivity contribution < 1.29 is 9.66 Å². The van der Waals surface area contributed by atoms with Gasteiger partial charge in [0.15, 0.2) is 0 Å². The van der Waals surface area contributed by atoms with Crippen molar-refractivity contribution in [3.05, 3.63) is 33.9 Å². The Labute approximate surface area is 126 Å². The first kappa shape index (κ1) is 14.4. The standard InChI is InChI=1S/C13H16N6O3/c1-9-7-10(2)18(16-9)13-11(19(20)21)12(14-8-15-13)17-3-5-22-6-4-17/h7-8H,3-6H2,1-2H3. The second-order valence-electron chi connectivity index (χ2n) is 5.06. The lowest BCUT2D eigenvalue weighted by atomic mass is 10.3. The lowest BCUT2D eigenvalue weighted by Crippen LogP contribution is -2.37. The van der Waals surface area contributed by atoms with E-state index in [0.717, 1.165) is 11.4 Å². The molecule has 0 aliphatic carbocycles. The van der Waals surface area contributed by atoms with E-state index in [-0.39, 0.29) is 11.5 Å². The summed E-state index contributed by atoms with van der Waals surface area (Å²) in [7, 11) is 0. The van der Waals surface area contributed by atoms with Gasteiger partial charge in [-0.15, -0.1) is 0 Å². The Balaban J connectivity index is 2.14. The van der Waals surface area contributed by atoms with Gasteiger partial charge in [0.2, 0.25) is 11.6 Å². The molecule has 116 valence electrons. The molecular formula is C13H16N6O3. The van der Waals surface area contributed by atoms with Crippen LogP contribution in [0.1, 0.15) is 11.4 Å². The molecule has 9 nitrogen and oxygen atoms in total. The number of hydrogen-bond acceptors (Lipinski definition) is 7. The van der Waals surface area contributed by atoms with Crippen LogP contribution in [0.4, 0.5) is 11.5 Å². The summed E-state index contributed by atoms with van der Waals surface area (Å²) >= 11 is 0. The first-order chi connectivity index (χ1) is 10.6. The fraction of sp³-hybridized carbons (Fsp3) is 0.462. The molecule has 2 aromatic rings. The van der Waals surface area contributed by atoms with E-state index in [2.05, 4.69) is 15.1 Å².